The molecule has 182 valence electrons. The smallest absolute Gasteiger partial charge is 0.343 e. The minimum Gasteiger partial charge on any atom is -0.494 e. The first-order valence-electron chi connectivity index (χ1n) is 11.9. The van der Waals surface area contributed by atoms with Crippen LogP contribution in [0.3, 0.4) is 0 Å². The van der Waals surface area contributed by atoms with Crippen LogP contribution in [-0.2, 0) is 11.2 Å². The lowest BCUT2D eigenvalue weighted by atomic mass is 9.75. The van der Waals surface area contributed by atoms with Crippen molar-refractivity contribution in [2.75, 3.05) is 13.7 Å². The molecule has 1 saturated carbocycles. The highest BCUT2D eigenvalue weighted by atomic mass is 32.1. The summed E-state index contributed by atoms with van der Waals surface area (Å²) in [5.74, 6) is 0.00887. The van der Waals surface area contributed by atoms with Crippen molar-refractivity contribution in [3.63, 3.8) is 0 Å². The number of benzene rings is 1. The number of pyridine rings is 1. The van der Waals surface area contributed by atoms with Crippen molar-refractivity contribution in [3.05, 3.63) is 61.1 Å². The van der Waals surface area contributed by atoms with Gasteiger partial charge in [-0.2, -0.15) is 0 Å². The Bertz CT molecular complexity index is 1440. The van der Waals surface area contributed by atoms with E-state index in [1.807, 2.05) is 10.6 Å². The van der Waals surface area contributed by atoms with Gasteiger partial charge in [0.05, 0.1) is 30.7 Å². The summed E-state index contributed by atoms with van der Waals surface area (Å²) in [6.07, 6.45) is 5.29. The molecule has 1 fully saturated rings. The molecule has 2 aliphatic carbocycles. The van der Waals surface area contributed by atoms with E-state index in [-0.39, 0.29) is 35.1 Å². The van der Waals surface area contributed by atoms with E-state index >= 15 is 0 Å². The second-order valence-electron chi connectivity index (χ2n) is 10.0. The maximum atomic E-state index is 13.3. The van der Waals surface area contributed by atoms with Crippen molar-refractivity contribution in [2.24, 2.45) is 10.5 Å². The molecule has 35 heavy (non-hydrogen) atoms. The van der Waals surface area contributed by atoms with Gasteiger partial charge in [-0.15, -0.1) is 11.3 Å². The third kappa shape index (κ3) is 4.09. The molecular formula is C26H28N4O4S. The minimum absolute atomic E-state index is 0.0353. The summed E-state index contributed by atoms with van der Waals surface area (Å²) >= 11 is 1.62. The fourth-order valence-corrected chi connectivity index (χ4v) is 6.41. The minimum atomic E-state index is -0.602. The number of carbonyl (C=O) groups excluding carboxylic acids is 1. The average molecular weight is 493 g/mol. The molecule has 0 amide bonds. The molecule has 1 atom stereocenters. The first kappa shape index (κ1) is 23.5. The Kier molecular flexibility index (Phi) is 5.85. The molecule has 5 rings (SSSR count). The van der Waals surface area contributed by atoms with Gasteiger partial charge in [0, 0.05) is 32.5 Å². The standard InChI is InChI=1S/C26H28N4O4S/c1-5-34-25(32)18-13-30(15-6-7-15)21-17(22(18)31)9-8-16(23(21)33-4)20-10-14-11-26(2,3)12-19(28-29-27)24(14)35-20/h8-10,13,15,19H,5-7,11-12H2,1-4H3. The number of carbonyl (C=O) groups is 1. The second-order valence-corrected chi connectivity index (χ2v) is 11.1. The number of thiophene rings is 1. The van der Waals surface area contributed by atoms with E-state index in [0.29, 0.717) is 16.7 Å². The largest absolute Gasteiger partial charge is 0.494 e. The number of methoxy groups -OCH3 is 1. The van der Waals surface area contributed by atoms with E-state index in [0.717, 1.165) is 41.0 Å². The van der Waals surface area contributed by atoms with Crippen LogP contribution in [0.25, 0.3) is 31.8 Å². The predicted octanol–water partition coefficient (Wildman–Crippen LogP) is 6.57. The van der Waals surface area contributed by atoms with Crippen LogP contribution in [0.2, 0.25) is 0 Å². The maximum absolute atomic E-state index is 13.3. The van der Waals surface area contributed by atoms with E-state index in [1.165, 1.54) is 5.56 Å². The van der Waals surface area contributed by atoms with Crippen molar-refractivity contribution < 1.29 is 14.3 Å². The zero-order chi connectivity index (χ0) is 24.9. The molecule has 8 nitrogen and oxygen atoms in total. The van der Waals surface area contributed by atoms with Crippen LogP contribution >= 0.6 is 11.3 Å². The highest BCUT2D eigenvalue weighted by Gasteiger charge is 2.34. The van der Waals surface area contributed by atoms with E-state index in [1.54, 1.807) is 37.6 Å². The Morgan fingerprint density at radius 1 is 1.34 bits per heavy atom. The summed E-state index contributed by atoms with van der Waals surface area (Å²) in [6.45, 7) is 6.32. The Labute approximate surface area is 207 Å². The van der Waals surface area contributed by atoms with Crippen LogP contribution in [0.15, 0.2) is 34.3 Å². The summed E-state index contributed by atoms with van der Waals surface area (Å²) < 4.78 is 13.1. The summed E-state index contributed by atoms with van der Waals surface area (Å²) in [5, 5.41) is 4.53. The van der Waals surface area contributed by atoms with Gasteiger partial charge < -0.3 is 14.0 Å². The molecule has 2 heterocycles. The van der Waals surface area contributed by atoms with Gasteiger partial charge >= 0.3 is 5.97 Å². The number of aromatic nitrogens is 1. The van der Waals surface area contributed by atoms with Gasteiger partial charge in [-0.25, -0.2) is 4.79 Å². The summed E-state index contributed by atoms with van der Waals surface area (Å²) in [6, 6.07) is 5.85. The van der Waals surface area contributed by atoms with Crippen molar-refractivity contribution in [3.8, 4) is 16.2 Å². The second kappa shape index (κ2) is 8.73. The lowest BCUT2D eigenvalue weighted by molar-refractivity contribution is 0.0524. The normalized spacial score (nSPS) is 18.6. The van der Waals surface area contributed by atoms with Crippen molar-refractivity contribution >= 4 is 28.2 Å². The molecule has 0 aliphatic heterocycles. The molecule has 2 aliphatic rings. The number of nitrogens with zero attached hydrogens (tertiary/aromatic N) is 4. The number of hydrogen-bond acceptors (Lipinski definition) is 6. The zero-order valence-electron chi connectivity index (χ0n) is 20.3. The van der Waals surface area contributed by atoms with Gasteiger partial charge in [0.2, 0.25) is 5.43 Å². The van der Waals surface area contributed by atoms with E-state index in [9.17, 15) is 9.59 Å². The van der Waals surface area contributed by atoms with Crippen LogP contribution in [-0.4, -0.2) is 24.3 Å². The van der Waals surface area contributed by atoms with Crippen molar-refractivity contribution in [1.29, 1.82) is 0 Å². The third-order valence-corrected chi connectivity index (χ3v) is 8.11. The van der Waals surface area contributed by atoms with E-state index in [2.05, 4.69) is 29.9 Å². The van der Waals surface area contributed by atoms with Crippen LogP contribution < -0.4 is 10.2 Å². The molecule has 9 heteroatoms. The SMILES string of the molecule is CCOC(=O)c1cn(C2CC2)c2c(OC)c(-c3cc4c(s3)C(N=[N+]=[N-])CC(C)(C)C4)ccc2c1=O. The van der Waals surface area contributed by atoms with Crippen molar-refractivity contribution in [2.45, 2.75) is 58.5 Å². The molecule has 1 unspecified atom stereocenters. The molecule has 0 radical (unpaired) electrons. The Balaban J connectivity index is 1.72. The van der Waals surface area contributed by atoms with Gasteiger partial charge in [0.1, 0.15) is 5.56 Å². The Morgan fingerprint density at radius 2 is 2.11 bits per heavy atom. The van der Waals surface area contributed by atoms with Gasteiger partial charge in [0.25, 0.3) is 0 Å². The molecule has 0 saturated heterocycles. The highest BCUT2D eigenvalue weighted by Crippen LogP contribution is 2.50. The topological polar surface area (TPSA) is 106 Å². The van der Waals surface area contributed by atoms with Crippen LogP contribution in [0.4, 0.5) is 0 Å². The number of rotatable bonds is 6. The molecule has 0 spiro atoms. The molecule has 2 aromatic heterocycles. The summed E-state index contributed by atoms with van der Waals surface area (Å²) in [4.78, 5) is 31.0. The number of azide groups is 1. The first-order valence-corrected chi connectivity index (χ1v) is 12.7. The van der Waals surface area contributed by atoms with E-state index < -0.39 is 5.97 Å². The molecule has 1 aromatic carbocycles. The lowest BCUT2D eigenvalue weighted by Gasteiger charge is -2.33. The van der Waals surface area contributed by atoms with Crippen LogP contribution in [0.1, 0.15) is 72.9 Å². The van der Waals surface area contributed by atoms with Gasteiger partial charge in [0.15, 0.2) is 5.75 Å². The van der Waals surface area contributed by atoms with Gasteiger partial charge in [-0.1, -0.05) is 19.0 Å². The van der Waals surface area contributed by atoms with Crippen molar-refractivity contribution in [1.82, 2.24) is 4.57 Å². The average Bonchev–Trinajstić information content (AvgIpc) is 3.57. The Hall–Kier alpha value is -3.29. The molecule has 0 bridgehead atoms. The number of hydrogen-bond donors (Lipinski definition) is 0. The summed E-state index contributed by atoms with van der Waals surface area (Å²) in [7, 11) is 1.61. The monoisotopic (exact) mass is 492 g/mol. The van der Waals surface area contributed by atoms with Gasteiger partial charge in [-0.3, -0.25) is 4.79 Å². The zero-order valence-corrected chi connectivity index (χ0v) is 21.1. The highest BCUT2D eigenvalue weighted by molar-refractivity contribution is 7.15. The maximum Gasteiger partial charge on any atom is 0.343 e. The van der Waals surface area contributed by atoms with E-state index in [4.69, 9.17) is 15.0 Å². The molecular weight excluding hydrogens is 464 g/mol. The third-order valence-electron chi connectivity index (χ3n) is 6.80. The Morgan fingerprint density at radius 3 is 2.77 bits per heavy atom. The number of ether oxygens (including phenoxy) is 2. The summed E-state index contributed by atoms with van der Waals surface area (Å²) in [5.41, 5.74) is 11.6. The van der Waals surface area contributed by atoms with Gasteiger partial charge in [-0.05, 0) is 67.3 Å². The predicted molar refractivity (Wildman–Crippen MR) is 136 cm³/mol. The number of esters is 1. The first-order chi connectivity index (χ1) is 16.8. The number of fused-ring (bicyclic) bond motifs is 2. The van der Waals surface area contributed by atoms with Crippen LogP contribution in [0.5, 0.6) is 5.75 Å². The fourth-order valence-electron chi connectivity index (χ4n) is 5.17. The molecule has 3 aromatic rings. The molecule has 0 N–H and O–H groups in total. The van der Waals surface area contributed by atoms with Crippen LogP contribution in [0, 0.1) is 5.41 Å². The quantitative estimate of drug-likeness (QED) is 0.168. The lowest BCUT2D eigenvalue weighted by Crippen LogP contribution is -2.23. The fraction of sp³-hybridized carbons (Fsp3) is 0.462.